The minimum atomic E-state index is -1.13. The fourth-order valence-electron chi connectivity index (χ4n) is 1.87. The molecule has 2 rings (SSSR count). The minimum Gasteiger partial charge on any atom is -0.321 e. The van der Waals surface area contributed by atoms with E-state index in [9.17, 15) is 13.6 Å². The Morgan fingerprint density at radius 1 is 1.00 bits per heavy atom. The first-order chi connectivity index (χ1) is 9.00. The first-order valence-corrected chi connectivity index (χ1v) is 5.82. The van der Waals surface area contributed by atoms with Gasteiger partial charge in [0.05, 0.1) is 5.56 Å². The van der Waals surface area contributed by atoms with Crippen molar-refractivity contribution in [3.8, 4) is 0 Å². The van der Waals surface area contributed by atoms with Crippen molar-refractivity contribution in [3.05, 3.63) is 64.7 Å². The lowest BCUT2D eigenvalue weighted by Gasteiger charge is -2.11. The van der Waals surface area contributed by atoms with Crippen LogP contribution in [0.3, 0.4) is 0 Å². The highest BCUT2D eigenvalue weighted by molar-refractivity contribution is 6.05. The van der Waals surface area contributed by atoms with Crippen LogP contribution >= 0.6 is 0 Å². The molecule has 0 fully saturated rings. The number of carbonyl (C=O) groups excluding carboxylic acids is 1. The lowest BCUT2D eigenvalue weighted by atomic mass is 10.1. The average Bonchev–Trinajstić information content (AvgIpc) is 2.37. The molecule has 1 amide bonds. The minimum absolute atomic E-state index is 0.303. The van der Waals surface area contributed by atoms with Gasteiger partial charge in [0.2, 0.25) is 0 Å². The van der Waals surface area contributed by atoms with Gasteiger partial charge in [0.15, 0.2) is 11.6 Å². The van der Waals surface area contributed by atoms with Crippen molar-refractivity contribution in [2.24, 2.45) is 0 Å². The lowest BCUT2D eigenvalue weighted by Crippen LogP contribution is -2.16. The second kappa shape index (κ2) is 5.18. The molecule has 0 aliphatic heterocycles. The van der Waals surface area contributed by atoms with E-state index < -0.39 is 17.5 Å². The molecule has 0 heterocycles. The Hall–Kier alpha value is -2.23. The highest BCUT2D eigenvalue weighted by Crippen LogP contribution is 2.21. The summed E-state index contributed by atoms with van der Waals surface area (Å²) >= 11 is 0. The molecule has 0 radical (unpaired) electrons. The lowest BCUT2D eigenvalue weighted by molar-refractivity contribution is 0.102. The normalized spacial score (nSPS) is 10.3. The molecule has 0 saturated heterocycles. The number of anilines is 1. The molecular formula is C15H13F2NO. The van der Waals surface area contributed by atoms with Crippen molar-refractivity contribution in [2.45, 2.75) is 13.8 Å². The maximum Gasteiger partial charge on any atom is 0.258 e. The van der Waals surface area contributed by atoms with Crippen molar-refractivity contribution >= 4 is 11.6 Å². The zero-order valence-electron chi connectivity index (χ0n) is 10.6. The molecule has 2 nitrogen and oxygen atoms in total. The van der Waals surface area contributed by atoms with Gasteiger partial charge in [0, 0.05) is 5.69 Å². The second-order valence-corrected chi connectivity index (χ2v) is 4.32. The fourth-order valence-corrected chi connectivity index (χ4v) is 1.87. The van der Waals surface area contributed by atoms with E-state index >= 15 is 0 Å². The van der Waals surface area contributed by atoms with Crippen LogP contribution in [0.25, 0.3) is 0 Å². The first-order valence-electron chi connectivity index (χ1n) is 5.82. The van der Waals surface area contributed by atoms with E-state index in [2.05, 4.69) is 5.32 Å². The van der Waals surface area contributed by atoms with E-state index in [4.69, 9.17) is 0 Å². The Balaban J connectivity index is 2.34. The van der Waals surface area contributed by atoms with Crippen molar-refractivity contribution in [1.82, 2.24) is 0 Å². The Labute approximate surface area is 110 Å². The standard InChI is InChI=1S/C15H13F2NO/c1-9-5-3-6-10(2)14(9)18-15(19)11-7-4-8-12(16)13(11)17/h3-8H,1-2H3,(H,18,19). The summed E-state index contributed by atoms with van der Waals surface area (Å²) in [5.74, 6) is -2.82. The molecule has 0 bridgehead atoms. The number of aryl methyl sites for hydroxylation is 2. The molecular weight excluding hydrogens is 248 g/mol. The number of rotatable bonds is 2. The van der Waals surface area contributed by atoms with Crippen LogP contribution in [0.4, 0.5) is 14.5 Å². The predicted molar refractivity (Wildman–Crippen MR) is 70.2 cm³/mol. The van der Waals surface area contributed by atoms with E-state index in [1.807, 2.05) is 32.0 Å². The van der Waals surface area contributed by atoms with Gasteiger partial charge < -0.3 is 5.32 Å². The van der Waals surface area contributed by atoms with E-state index in [1.165, 1.54) is 12.1 Å². The van der Waals surface area contributed by atoms with Gasteiger partial charge in [-0.05, 0) is 37.1 Å². The summed E-state index contributed by atoms with van der Waals surface area (Å²) in [6.45, 7) is 3.68. The molecule has 19 heavy (non-hydrogen) atoms. The summed E-state index contributed by atoms with van der Waals surface area (Å²) in [5.41, 5.74) is 2.05. The highest BCUT2D eigenvalue weighted by atomic mass is 19.2. The van der Waals surface area contributed by atoms with Gasteiger partial charge in [-0.1, -0.05) is 24.3 Å². The molecule has 2 aromatic carbocycles. The summed E-state index contributed by atoms with van der Waals surface area (Å²) in [6.07, 6.45) is 0. The smallest absolute Gasteiger partial charge is 0.258 e. The van der Waals surface area contributed by atoms with Crippen LogP contribution in [0.1, 0.15) is 21.5 Å². The largest absolute Gasteiger partial charge is 0.321 e. The maximum atomic E-state index is 13.5. The third-order valence-corrected chi connectivity index (χ3v) is 2.92. The number of halogens is 2. The second-order valence-electron chi connectivity index (χ2n) is 4.32. The first kappa shape index (κ1) is 13.2. The molecule has 4 heteroatoms. The Kier molecular flexibility index (Phi) is 3.60. The highest BCUT2D eigenvalue weighted by Gasteiger charge is 2.16. The molecule has 0 aliphatic rings. The van der Waals surface area contributed by atoms with Gasteiger partial charge in [-0.15, -0.1) is 0 Å². The Morgan fingerprint density at radius 3 is 2.21 bits per heavy atom. The molecule has 0 aliphatic carbocycles. The number of para-hydroxylation sites is 1. The zero-order chi connectivity index (χ0) is 14.0. The van der Waals surface area contributed by atoms with Crippen LogP contribution in [0, 0.1) is 25.5 Å². The molecule has 0 saturated carbocycles. The van der Waals surface area contributed by atoms with Crippen LogP contribution < -0.4 is 5.32 Å². The quantitative estimate of drug-likeness (QED) is 0.874. The number of amides is 1. The van der Waals surface area contributed by atoms with Crippen LogP contribution in [-0.2, 0) is 0 Å². The van der Waals surface area contributed by atoms with Gasteiger partial charge in [0.1, 0.15) is 0 Å². The molecule has 0 spiro atoms. The Bertz CT molecular complexity index is 618. The van der Waals surface area contributed by atoms with E-state index in [-0.39, 0.29) is 5.56 Å². The molecule has 1 N–H and O–H groups in total. The SMILES string of the molecule is Cc1cccc(C)c1NC(=O)c1cccc(F)c1F. The van der Waals surface area contributed by atoms with Gasteiger partial charge >= 0.3 is 0 Å². The predicted octanol–water partition coefficient (Wildman–Crippen LogP) is 3.83. The summed E-state index contributed by atoms with van der Waals surface area (Å²) in [7, 11) is 0. The van der Waals surface area contributed by atoms with Crippen molar-refractivity contribution in [2.75, 3.05) is 5.32 Å². The van der Waals surface area contributed by atoms with Crippen molar-refractivity contribution in [3.63, 3.8) is 0 Å². The topological polar surface area (TPSA) is 29.1 Å². The fraction of sp³-hybridized carbons (Fsp3) is 0.133. The van der Waals surface area contributed by atoms with Gasteiger partial charge in [0.25, 0.3) is 5.91 Å². The van der Waals surface area contributed by atoms with Gasteiger partial charge in [-0.2, -0.15) is 0 Å². The van der Waals surface area contributed by atoms with E-state index in [0.29, 0.717) is 5.69 Å². The number of hydrogen-bond acceptors (Lipinski definition) is 1. The van der Waals surface area contributed by atoms with Crippen LogP contribution in [-0.4, -0.2) is 5.91 Å². The molecule has 2 aromatic rings. The third-order valence-electron chi connectivity index (χ3n) is 2.92. The number of carbonyl (C=O) groups is 1. The van der Waals surface area contributed by atoms with E-state index in [0.717, 1.165) is 17.2 Å². The zero-order valence-corrected chi connectivity index (χ0v) is 10.6. The molecule has 0 unspecified atom stereocenters. The van der Waals surface area contributed by atoms with Crippen LogP contribution in [0.15, 0.2) is 36.4 Å². The molecule has 0 atom stereocenters. The number of hydrogen-bond donors (Lipinski definition) is 1. The maximum absolute atomic E-state index is 13.5. The summed E-state index contributed by atoms with van der Waals surface area (Å²) < 4.78 is 26.6. The number of nitrogens with one attached hydrogen (secondary N) is 1. The summed E-state index contributed by atoms with van der Waals surface area (Å²) in [6, 6.07) is 9.07. The summed E-state index contributed by atoms with van der Waals surface area (Å²) in [4.78, 5) is 12.0. The Morgan fingerprint density at radius 2 is 1.58 bits per heavy atom. The van der Waals surface area contributed by atoms with Crippen molar-refractivity contribution in [1.29, 1.82) is 0 Å². The van der Waals surface area contributed by atoms with Crippen LogP contribution in [0.5, 0.6) is 0 Å². The van der Waals surface area contributed by atoms with Gasteiger partial charge in [-0.25, -0.2) is 8.78 Å². The van der Waals surface area contributed by atoms with Crippen molar-refractivity contribution < 1.29 is 13.6 Å². The average molecular weight is 261 g/mol. The van der Waals surface area contributed by atoms with Crippen LogP contribution in [0.2, 0.25) is 0 Å². The monoisotopic (exact) mass is 261 g/mol. The third kappa shape index (κ3) is 2.62. The number of benzene rings is 2. The molecule has 98 valence electrons. The summed E-state index contributed by atoms with van der Waals surface area (Å²) in [5, 5.41) is 2.62. The molecule has 0 aromatic heterocycles. The van der Waals surface area contributed by atoms with Gasteiger partial charge in [-0.3, -0.25) is 4.79 Å². The van der Waals surface area contributed by atoms with E-state index in [1.54, 1.807) is 0 Å².